The average Bonchev–Trinajstić information content (AvgIpc) is 2.27. The second-order valence-corrected chi connectivity index (χ2v) is 5.53. The zero-order valence-corrected chi connectivity index (χ0v) is 14.9. The Labute approximate surface area is 133 Å². The number of sulfonamides is 1. The van der Waals surface area contributed by atoms with Crippen LogP contribution in [-0.4, -0.2) is 60.5 Å². The summed E-state index contributed by atoms with van der Waals surface area (Å²) in [7, 11) is -1.46. The second-order valence-electron chi connectivity index (χ2n) is 3.70. The van der Waals surface area contributed by atoms with Crippen LogP contribution in [0.5, 0.6) is 0 Å². The van der Waals surface area contributed by atoms with Crippen molar-refractivity contribution in [1.82, 2.24) is 15.4 Å². The number of nitrogens with zero attached hydrogens (tertiary/aromatic N) is 1. The molecule has 9 heteroatoms. The van der Waals surface area contributed by atoms with Gasteiger partial charge in [0, 0.05) is 33.3 Å². The van der Waals surface area contributed by atoms with Gasteiger partial charge < -0.3 is 15.4 Å². The number of halogens is 1. The van der Waals surface area contributed by atoms with Crippen LogP contribution in [0.1, 0.15) is 13.3 Å². The average molecular weight is 408 g/mol. The lowest BCUT2D eigenvalue weighted by Gasteiger charge is -2.10. The molecule has 0 saturated carbocycles. The molecule has 0 bridgehead atoms. The molecule has 0 rings (SSSR count). The van der Waals surface area contributed by atoms with E-state index in [0.717, 1.165) is 12.8 Å². The van der Waals surface area contributed by atoms with Crippen LogP contribution in [0.25, 0.3) is 0 Å². The molecule has 0 fully saturated rings. The molecule has 0 aromatic rings. The Kier molecular flexibility index (Phi) is 14.4. The van der Waals surface area contributed by atoms with Gasteiger partial charge in [0.1, 0.15) is 0 Å². The standard InChI is InChI=1S/C10H24N4O3S.HI/c1-4-11-10(13-8-9-17-2)12-6-5-7-14-18(3,15)16;/h14H,4-9H2,1-3H3,(H2,11,12,13);1H. The third kappa shape index (κ3) is 15.8. The Hall–Kier alpha value is -0.130. The van der Waals surface area contributed by atoms with Crippen molar-refractivity contribution in [3.8, 4) is 0 Å². The largest absolute Gasteiger partial charge is 0.383 e. The summed E-state index contributed by atoms with van der Waals surface area (Å²) in [6, 6.07) is 0. The smallest absolute Gasteiger partial charge is 0.208 e. The first-order valence-corrected chi connectivity index (χ1v) is 7.84. The zero-order valence-electron chi connectivity index (χ0n) is 11.7. The van der Waals surface area contributed by atoms with Crippen LogP contribution in [0, 0.1) is 0 Å². The van der Waals surface area contributed by atoms with E-state index in [4.69, 9.17) is 4.74 Å². The topological polar surface area (TPSA) is 91.8 Å². The highest BCUT2D eigenvalue weighted by molar-refractivity contribution is 14.0. The highest BCUT2D eigenvalue weighted by Crippen LogP contribution is 1.83. The van der Waals surface area contributed by atoms with Gasteiger partial charge in [-0.1, -0.05) is 0 Å². The van der Waals surface area contributed by atoms with E-state index in [1.807, 2.05) is 6.92 Å². The molecule has 7 nitrogen and oxygen atoms in total. The molecule has 0 aromatic carbocycles. The highest BCUT2D eigenvalue weighted by Gasteiger charge is 1.99. The minimum Gasteiger partial charge on any atom is -0.383 e. The van der Waals surface area contributed by atoms with E-state index in [9.17, 15) is 8.42 Å². The van der Waals surface area contributed by atoms with Crippen molar-refractivity contribution in [2.45, 2.75) is 13.3 Å². The molecule has 0 saturated heterocycles. The highest BCUT2D eigenvalue weighted by atomic mass is 127. The number of methoxy groups -OCH3 is 1. The van der Waals surface area contributed by atoms with Crippen LogP contribution >= 0.6 is 24.0 Å². The van der Waals surface area contributed by atoms with Gasteiger partial charge >= 0.3 is 0 Å². The maximum atomic E-state index is 10.8. The van der Waals surface area contributed by atoms with Crippen LogP contribution in [-0.2, 0) is 14.8 Å². The van der Waals surface area contributed by atoms with Crippen molar-refractivity contribution in [2.75, 3.05) is 46.2 Å². The van der Waals surface area contributed by atoms with Crippen LogP contribution in [0.15, 0.2) is 4.99 Å². The van der Waals surface area contributed by atoms with Crippen molar-refractivity contribution in [2.24, 2.45) is 4.99 Å². The number of hydrogen-bond donors (Lipinski definition) is 3. The monoisotopic (exact) mass is 408 g/mol. The Morgan fingerprint density at radius 1 is 1.26 bits per heavy atom. The summed E-state index contributed by atoms with van der Waals surface area (Å²) in [6.07, 6.45) is 1.81. The molecule has 0 spiro atoms. The zero-order chi connectivity index (χ0) is 13.9. The molecule has 0 aliphatic carbocycles. The fourth-order valence-electron chi connectivity index (χ4n) is 1.14. The first-order valence-electron chi connectivity index (χ1n) is 5.95. The van der Waals surface area contributed by atoms with E-state index in [1.54, 1.807) is 7.11 Å². The molecule has 0 heterocycles. The molecule has 0 aliphatic heterocycles. The van der Waals surface area contributed by atoms with Crippen molar-refractivity contribution in [3.63, 3.8) is 0 Å². The summed E-state index contributed by atoms with van der Waals surface area (Å²) < 4.78 is 29.0. The first kappa shape index (κ1) is 21.2. The SMILES string of the molecule is CCNC(=NCCCNS(C)(=O)=O)NCCOC.I. The van der Waals surface area contributed by atoms with Crippen LogP contribution in [0.4, 0.5) is 0 Å². The van der Waals surface area contributed by atoms with E-state index in [2.05, 4.69) is 20.3 Å². The summed E-state index contributed by atoms with van der Waals surface area (Å²) in [5.41, 5.74) is 0. The quantitative estimate of drug-likeness (QED) is 0.212. The summed E-state index contributed by atoms with van der Waals surface area (Å²) in [5.74, 6) is 0.717. The minimum absolute atomic E-state index is 0. The number of rotatable bonds is 9. The third-order valence-electron chi connectivity index (χ3n) is 1.91. The van der Waals surface area contributed by atoms with E-state index < -0.39 is 10.0 Å². The third-order valence-corrected chi connectivity index (χ3v) is 2.64. The number of ether oxygens (including phenoxy) is 1. The Bertz CT molecular complexity index is 336. The van der Waals surface area contributed by atoms with Gasteiger partial charge in [-0.25, -0.2) is 13.1 Å². The molecular weight excluding hydrogens is 383 g/mol. The second kappa shape index (κ2) is 12.9. The van der Waals surface area contributed by atoms with Crippen LogP contribution < -0.4 is 15.4 Å². The number of aliphatic imine (C=N–C) groups is 1. The lowest BCUT2D eigenvalue weighted by atomic mass is 10.4. The van der Waals surface area contributed by atoms with Gasteiger partial charge in [-0.3, -0.25) is 4.99 Å². The van der Waals surface area contributed by atoms with Gasteiger partial charge in [-0.2, -0.15) is 0 Å². The lowest BCUT2D eigenvalue weighted by molar-refractivity contribution is 0.203. The Morgan fingerprint density at radius 3 is 2.47 bits per heavy atom. The van der Waals surface area contributed by atoms with Gasteiger partial charge in [0.15, 0.2) is 5.96 Å². The van der Waals surface area contributed by atoms with Crippen LogP contribution in [0.3, 0.4) is 0 Å². The summed E-state index contributed by atoms with van der Waals surface area (Å²) in [6.45, 7) is 5.02. The number of hydrogen-bond acceptors (Lipinski definition) is 4. The van der Waals surface area contributed by atoms with Crippen molar-refractivity contribution in [1.29, 1.82) is 0 Å². The molecule has 116 valence electrons. The predicted octanol–water partition coefficient (Wildman–Crippen LogP) is -0.255. The predicted molar refractivity (Wildman–Crippen MR) is 88.7 cm³/mol. The van der Waals surface area contributed by atoms with Crippen molar-refractivity contribution < 1.29 is 13.2 Å². The van der Waals surface area contributed by atoms with Crippen LogP contribution in [0.2, 0.25) is 0 Å². The van der Waals surface area contributed by atoms with Gasteiger partial charge in [0.2, 0.25) is 10.0 Å². The normalized spacial score (nSPS) is 11.8. The van der Waals surface area contributed by atoms with Gasteiger partial charge in [0.25, 0.3) is 0 Å². The Morgan fingerprint density at radius 2 is 1.95 bits per heavy atom. The molecule has 0 amide bonds. The molecule has 0 aliphatic rings. The summed E-state index contributed by atoms with van der Waals surface area (Å²) in [5, 5.41) is 6.20. The van der Waals surface area contributed by atoms with E-state index >= 15 is 0 Å². The van der Waals surface area contributed by atoms with Crippen molar-refractivity contribution in [3.05, 3.63) is 0 Å². The molecule has 0 radical (unpaired) electrons. The van der Waals surface area contributed by atoms with Gasteiger partial charge in [-0.15, -0.1) is 24.0 Å². The van der Waals surface area contributed by atoms with E-state index in [0.29, 0.717) is 38.6 Å². The fraction of sp³-hybridized carbons (Fsp3) is 0.900. The summed E-state index contributed by atoms with van der Waals surface area (Å²) in [4.78, 5) is 4.31. The first-order chi connectivity index (χ1) is 8.49. The maximum Gasteiger partial charge on any atom is 0.208 e. The minimum atomic E-state index is -3.10. The molecule has 19 heavy (non-hydrogen) atoms. The summed E-state index contributed by atoms with van der Waals surface area (Å²) >= 11 is 0. The van der Waals surface area contributed by atoms with E-state index in [1.165, 1.54) is 0 Å². The molecule has 0 atom stereocenters. The van der Waals surface area contributed by atoms with E-state index in [-0.39, 0.29) is 24.0 Å². The Balaban J connectivity index is 0. The fourth-order valence-corrected chi connectivity index (χ4v) is 1.66. The lowest BCUT2D eigenvalue weighted by Crippen LogP contribution is -2.39. The maximum absolute atomic E-state index is 10.8. The molecule has 0 unspecified atom stereocenters. The number of nitrogens with one attached hydrogen (secondary N) is 3. The molecular formula is C10H25IN4O3S. The number of guanidine groups is 1. The molecule has 0 aromatic heterocycles. The molecule has 3 N–H and O–H groups in total. The van der Waals surface area contributed by atoms with Gasteiger partial charge in [-0.05, 0) is 13.3 Å². The van der Waals surface area contributed by atoms with Crippen molar-refractivity contribution >= 4 is 40.0 Å². The van der Waals surface area contributed by atoms with Gasteiger partial charge in [0.05, 0.1) is 12.9 Å².